The van der Waals surface area contributed by atoms with Gasteiger partial charge in [0.05, 0.1) is 10.7 Å². The van der Waals surface area contributed by atoms with Crippen molar-refractivity contribution in [3.8, 4) is 0 Å². The average Bonchev–Trinajstić information content (AvgIpc) is 2.84. The van der Waals surface area contributed by atoms with Gasteiger partial charge in [0.15, 0.2) is 0 Å². The average molecular weight is 486 g/mol. The van der Waals surface area contributed by atoms with Crippen LogP contribution in [-0.2, 0) is 16.0 Å². The molecule has 2 aromatic carbocycles. The van der Waals surface area contributed by atoms with Crippen molar-refractivity contribution >= 4 is 52.3 Å². The monoisotopic (exact) mass is 485 g/mol. The quantitative estimate of drug-likeness (QED) is 0.612. The first-order valence-electron chi connectivity index (χ1n) is 11.0. The van der Waals surface area contributed by atoms with Crippen molar-refractivity contribution in [1.82, 2.24) is 4.90 Å². The minimum absolute atomic E-state index is 0.185. The van der Waals surface area contributed by atoms with E-state index in [-0.39, 0.29) is 17.7 Å². The Morgan fingerprint density at radius 3 is 2.64 bits per heavy atom. The van der Waals surface area contributed by atoms with E-state index in [1.54, 1.807) is 40.1 Å². The van der Waals surface area contributed by atoms with Crippen molar-refractivity contribution in [3.05, 3.63) is 70.2 Å². The van der Waals surface area contributed by atoms with Gasteiger partial charge in [-0.05, 0) is 74.1 Å². The Hall–Kier alpha value is -2.83. The number of nitrogens with zero attached hydrogens (tertiary/aromatic N) is 2. The van der Waals surface area contributed by atoms with Crippen LogP contribution in [0.1, 0.15) is 41.6 Å². The number of carbonyl (C=O) groups is 3. The highest BCUT2D eigenvalue weighted by atomic mass is 35.5. The van der Waals surface area contributed by atoms with Crippen LogP contribution in [0.4, 0.5) is 11.4 Å². The zero-order valence-electron chi connectivity index (χ0n) is 18.2. The number of benzene rings is 2. The SMILES string of the molecule is C=CC(=O)N1CCCc2c(C(=O)N3CCCCC3C(=O)Nc3ccc(Cl)cc3Cl)cccc21. The first-order valence-corrected chi connectivity index (χ1v) is 11.8. The van der Waals surface area contributed by atoms with E-state index in [2.05, 4.69) is 11.9 Å². The molecule has 8 heteroatoms. The molecule has 0 bridgehead atoms. The number of hydrogen-bond donors (Lipinski definition) is 1. The molecule has 2 aromatic rings. The van der Waals surface area contributed by atoms with Crippen LogP contribution in [0.5, 0.6) is 0 Å². The maximum absolute atomic E-state index is 13.7. The number of piperidine rings is 1. The lowest BCUT2D eigenvalue weighted by atomic mass is 9.93. The summed E-state index contributed by atoms with van der Waals surface area (Å²) in [5, 5.41) is 3.67. The summed E-state index contributed by atoms with van der Waals surface area (Å²) < 4.78 is 0. The number of amides is 3. The van der Waals surface area contributed by atoms with Crippen LogP contribution in [0.15, 0.2) is 49.1 Å². The van der Waals surface area contributed by atoms with E-state index >= 15 is 0 Å². The van der Waals surface area contributed by atoms with Crippen molar-refractivity contribution in [3.63, 3.8) is 0 Å². The second-order valence-electron chi connectivity index (χ2n) is 8.22. The van der Waals surface area contributed by atoms with Gasteiger partial charge >= 0.3 is 0 Å². The molecule has 6 nitrogen and oxygen atoms in total. The Labute approximate surface area is 203 Å². The second-order valence-corrected chi connectivity index (χ2v) is 9.07. The molecule has 1 unspecified atom stereocenters. The zero-order valence-corrected chi connectivity index (χ0v) is 19.7. The largest absolute Gasteiger partial charge is 0.327 e. The molecular weight excluding hydrogens is 461 g/mol. The smallest absolute Gasteiger partial charge is 0.254 e. The summed E-state index contributed by atoms with van der Waals surface area (Å²) >= 11 is 12.2. The number of carbonyl (C=O) groups excluding carboxylic acids is 3. The molecule has 2 aliphatic heterocycles. The summed E-state index contributed by atoms with van der Waals surface area (Å²) in [6.45, 7) is 4.67. The third kappa shape index (κ3) is 4.77. The van der Waals surface area contributed by atoms with E-state index in [1.807, 2.05) is 6.07 Å². The van der Waals surface area contributed by atoms with Gasteiger partial charge in [0.2, 0.25) is 11.8 Å². The normalized spacial score (nSPS) is 17.8. The van der Waals surface area contributed by atoms with E-state index in [4.69, 9.17) is 23.2 Å². The molecule has 33 heavy (non-hydrogen) atoms. The van der Waals surface area contributed by atoms with Crippen molar-refractivity contribution in [2.24, 2.45) is 0 Å². The molecule has 4 rings (SSSR count). The van der Waals surface area contributed by atoms with Crippen LogP contribution in [-0.4, -0.2) is 41.8 Å². The summed E-state index contributed by atoms with van der Waals surface area (Å²) in [6, 6.07) is 9.68. The number of hydrogen-bond acceptors (Lipinski definition) is 3. The maximum atomic E-state index is 13.7. The Balaban J connectivity index is 1.61. The number of fused-ring (bicyclic) bond motifs is 1. The molecule has 1 fully saturated rings. The van der Waals surface area contributed by atoms with E-state index < -0.39 is 6.04 Å². The first kappa shape index (κ1) is 23.3. The van der Waals surface area contributed by atoms with Crippen molar-refractivity contribution in [1.29, 1.82) is 0 Å². The third-order valence-electron chi connectivity index (χ3n) is 6.18. The molecule has 3 amide bonds. The second kappa shape index (κ2) is 9.98. The lowest BCUT2D eigenvalue weighted by molar-refractivity contribution is -0.121. The van der Waals surface area contributed by atoms with Crippen LogP contribution < -0.4 is 10.2 Å². The van der Waals surface area contributed by atoms with Gasteiger partial charge in [-0.25, -0.2) is 0 Å². The predicted molar refractivity (Wildman–Crippen MR) is 131 cm³/mol. The number of anilines is 2. The lowest BCUT2D eigenvalue weighted by Gasteiger charge is -2.36. The minimum atomic E-state index is -0.608. The van der Waals surface area contributed by atoms with Gasteiger partial charge < -0.3 is 15.1 Å². The van der Waals surface area contributed by atoms with E-state index in [1.165, 1.54) is 6.08 Å². The Morgan fingerprint density at radius 2 is 1.88 bits per heavy atom. The van der Waals surface area contributed by atoms with Crippen molar-refractivity contribution in [2.45, 2.75) is 38.1 Å². The van der Waals surface area contributed by atoms with E-state index in [0.29, 0.717) is 47.2 Å². The van der Waals surface area contributed by atoms with Crippen molar-refractivity contribution in [2.75, 3.05) is 23.3 Å². The Bertz CT molecular complexity index is 1120. The van der Waals surface area contributed by atoms with Crippen molar-refractivity contribution < 1.29 is 14.4 Å². The molecule has 1 N–H and O–H groups in total. The topological polar surface area (TPSA) is 69.7 Å². The minimum Gasteiger partial charge on any atom is -0.327 e. The van der Waals surface area contributed by atoms with E-state index in [0.717, 1.165) is 30.5 Å². The summed E-state index contributed by atoms with van der Waals surface area (Å²) in [7, 11) is 0. The lowest BCUT2D eigenvalue weighted by Crippen LogP contribution is -2.50. The van der Waals surface area contributed by atoms with Gasteiger partial charge in [0.1, 0.15) is 6.04 Å². The summed E-state index contributed by atoms with van der Waals surface area (Å²) in [4.78, 5) is 42.5. The molecular formula is C25H25Cl2N3O3. The molecule has 2 aliphatic rings. The molecule has 1 atom stereocenters. The fourth-order valence-electron chi connectivity index (χ4n) is 4.57. The predicted octanol–water partition coefficient (Wildman–Crippen LogP) is 5.09. The number of nitrogens with one attached hydrogen (secondary N) is 1. The molecule has 2 heterocycles. The van der Waals surface area contributed by atoms with Gasteiger partial charge in [0.25, 0.3) is 5.91 Å². The fraction of sp³-hybridized carbons (Fsp3) is 0.320. The van der Waals surface area contributed by atoms with Crippen LogP contribution in [0.25, 0.3) is 0 Å². The standard InChI is InChI=1S/C25H25Cl2N3O3/c1-2-23(31)29-14-6-8-17-18(7-5-10-21(17)29)25(33)30-13-4-3-9-22(30)24(32)28-20-12-11-16(26)15-19(20)27/h2,5,7,10-12,15,22H,1,3-4,6,8-9,13-14H2,(H,28,32). The molecule has 0 saturated carbocycles. The van der Waals surface area contributed by atoms with Crippen LogP contribution in [0.3, 0.4) is 0 Å². The summed E-state index contributed by atoms with van der Waals surface area (Å²) in [6.07, 6.45) is 4.99. The molecule has 172 valence electrons. The highest BCUT2D eigenvalue weighted by molar-refractivity contribution is 6.36. The Kier molecular flexibility index (Phi) is 7.05. The first-order chi connectivity index (χ1) is 15.9. The van der Waals surface area contributed by atoms with Crippen LogP contribution in [0.2, 0.25) is 10.0 Å². The fourth-order valence-corrected chi connectivity index (χ4v) is 5.03. The Morgan fingerprint density at radius 1 is 1.06 bits per heavy atom. The third-order valence-corrected chi connectivity index (χ3v) is 6.72. The molecule has 0 aliphatic carbocycles. The zero-order chi connectivity index (χ0) is 23.5. The summed E-state index contributed by atoms with van der Waals surface area (Å²) in [5.41, 5.74) is 2.58. The summed E-state index contributed by atoms with van der Waals surface area (Å²) in [5.74, 6) is -0.655. The number of halogens is 2. The molecule has 0 aromatic heterocycles. The number of rotatable bonds is 4. The van der Waals surface area contributed by atoms with Crippen LogP contribution in [0, 0.1) is 0 Å². The van der Waals surface area contributed by atoms with Gasteiger partial charge in [-0.15, -0.1) is 0 Å². The molecule has 1 saturated heterocycles. The molecule has 0 radical (unpaired) electrons. The van der Waals surface area contributed by atoms with Gasteiger partial charge in [-0.1, -0.05) is 35.8 Å². The highest BCUT2D eigenvalue weighted by Gasteiger charge is 2.35. The number of likely N-dealkylation sites (tertiary alicyclic amines) is 1. The highest BCUT2D eigenvalue weighted by Crippen LogP contribution is 2.32. The van der Waals surface area contributed by atoms with Gasteiger partial charge in [-0.2, -0.15) is 0 Å². The maximum Gasteiger partial charge on any atom is 0.254 e. The van der Waals surface area contributed by atoms with Gasteiger partial charge in [-0.3, -0.25) is 14.4 Å². The van der Waals surface area contributed by atoms with Gasteiger partial charge in [0, 0.05) is 29.4 Å². The van der Waals surface area contributed by atoms with Crippen LogP contribution >= 0.6 is 23.2 Å². The molecule has 0 spiro atoms. The van der Waals surface area contributed by atoms with E-state index in [9.17, 15) is 14.4 Å².